The standard InChI is InChI=1S/C19H20N4O4S/c1-3-15(17(24)22-16-9-12(2)27-23-16)26-18(25)14-11-28-19(21-14)20-10-13-7-5-4-6-8-13/h4-9,11,15H,3,10H2,1-2H3,(H,20,21)(H,22,23,24)/t15-/m1/s1. The Balaban J connectivity index is 1.55. The lowest BCUT2D eigenvalue weighted by molar-refractivity contribution is -0.124. The molecule has 146 valence electrons. The van der Waals surface area contributed by atoms with Crippen LogP contribution in [0.2, 0.25) is 0 Å². The molecule has 0 fully saturated rings. The number of ether oxygens (including phenoxy) is 1. The first kappa shape index (κ1) is 19.6. The number of anilines is 2. The minimum absolute atomic E-state index is 0.157. The fourth-order valence-electron chi connectivity index (χ4n) is 2.37. The Morgan fingerprint density at radius 1 is 1.29 bits per heavy atom. The van der Waals surface area contributed by atoms with E-state index >= 15 is 0 Å². The number of hydrogen-bond acceptors (Lipinski definition) is 8. The van der Waals surface area contributed by atoms with Crippen LogP contribution in [0, 0.1) is 6.92 Å². The van der Waals surface area contributed by atoms with E-state index in [1.54, 1.807) is 25.3 Å². The first-order chi connectivity index (χ1) is 13.5. The van der Waals surface area contributed by atoms with Crippen molar-refractivity contribution in [2.75, 3.05) is 10.6 Å². The number of carbonyl (C=O) groups is 2. The van der Waals surface area contributed by atoms with E-state index in [-0.39, 0.29) is 11.5 Å². The van der Waals surface area contributed by atoms with Crippen LogP contribution in [-0.4, -0.2) is 28.1 Å². The lowest BCUT2D eigenvalue weighted by Gasteiger charge is -2.14. The molecule has 2 N–H and O–H groups in total. The van der Waals surface area contributed by atoms with E-state index in [4.69, 9.17) is 9.26 Å². The van der Waals surface area contributed by atoms with Crippen LogP contribution in [0.25, 0.3) is 0 Å². The minimum Gasteiger partial charge on any atom is -0.448 e. The van der Waals surface area contributed by atoms with E-state index in [0.717, 1.165) is 5.56 Å². The minimum atomic E-state index is -0.952. The molecule has 3 rings (SSSR count). The van der Waals surface area contributed by atoms with Gasteiger partial charge >= 0.3 is 5.97 Å². The maximum atomic E-state index is 12.3. The second-order valence-electron chi connectivity index (χ2n) is 5.99. The van der Waals surface area contributed by atoms with Crippen LogP contribution in [0.5, 0.6) is 0 Å². The summed E-state index contributed by atoms with van der Waals surface area (Å²) in [4.78, 5) is 28.9. The zero-order valence-corrected chi connectivity index (χ0v) is 16.3. The molecule has 2 aromatic heterocycles. The van der Waals surface area contributed by atoms with E-state index in [2.05, 4.69) is 20.8 Å². The van der Waals surface area contributed by atoms with Crippen LogP contribution in [0.15, 0.2) is 46.3 Å². The molecule has 1 atom stereocenters. The Kier molecular flexibility index (Phi) is 6.38. The quantitative estimate of drug-likeness (QED) is 0.556. The molecule has 3 aromatic rings. The zero-order chi connectivity index (χ0) is 19.9. The summed E-state index contributed by atoms with van der Waals surface area (Å²) in [5.74, 6) is -0.277. The molecule has 0 radical (unpaired) electrons. The lowest BCUT2D eigenvalue weighted by atomic mass is 10.2. The van der Waals surface area contributed by atoms with E-state index in [0.29, 0.717) is 23.9 Å². The molecule has 0 saturated carbocycles. The largest absolute Gasteiger partial charge is 0.448 e. The van der Waals surface area contributed by atoms with Crippen molar-refractivity contribution in [1.82, 2.24) is 10.1 Å². The van der Waals surface area contributed by atoms with Crippen molar-refractivity contribution in [3.63, 3.8) is 0 Å². The molecule has 0 saturated heterocycles. The maximum absolute atomic E-state index is 12.3. The van der Waals surface area contributed by atoms with E-state index in [1.165, 1.54) is 11.3 Å². The Bertz CT molecular complexity index is 938. The van der Waals surface area contributed by atoms with Crippen LogP contribution in [0.4, 0.5) is 10.9 Å². The Labute approximate surface area is 165 Å². The normalized spacial score (nSPS) is 11.6. The first-order valence-corrected chi connectivity index (χ1v) is 9.61. The number of amides is 1. The molecule has 1 amide bonds. The SMILES string of the molecule is CC[C@@H](OC(=O)c1csc(NCc2ccccc2)n1)C(=O)Nc1cc(C)on1. The van der Waals surface area contributed by atoms with Crippen LogP contribution in [-0.2, 0) is 16.1 Å². The summed E-state index contributed by atoms with van der Waals surface area (Å²) in [6.45, 7) is 4.06. The van der Waals surface area contributed by atoms with Crippen LogP contribution in [0.3, 0.4) is 0 Å². The number of benzene rings is 1. The number of aromatic nitrogens is 2. The van der Waals surface area contributed by atoms with Gasteiger partial charge in [0.05, 0.1) is 0 Å². The van der Waals surface area contributed by atoms with Gasteiger partial charge in [0.25, 0.3) is 5.91 Å². The summed E-state index contributed by atoms with van der Waals surface area (Å²) in [7, 11) is 0. The summed E-state index contributed by atoms with van der Waals surface area (Å²) < 4.78 is 10.2. The van der Waals surface area contributed by atoms with Crippen molar-refractivity contribution < 1.29 is 18.8 Å². The van der Waals surface area contributed by atoms with Crippen molar-refractivity contribution >= 4 is 34.2 Å². The van der Waals surface area contributed by atoms with Gasteiger partial charge in [-0.2, -0.15) is 0 Å². The van der Waals surface area contributed by atoms with Crippen LogP contribution < -0.4 is 10.6 Å². The van der Waals surface area contributed by atoms with Gasteiger partial charge < -0.3 is 19.9 Å². The Morgan fingerprint density at radius 3 is 2.75 bits per heavy atom. The van der Waals surface area contributed by atoms with Crippen LogP contribution in [0.1, 0.15) is 35.2 Å². The predicted octanol–water partition coefficient (Wildman–Crippen LogP) is 3.63. The van der Waals surface area contributed by atoms with Crippen molar-refractivity contribution in [2.24, 2.45) is 0 Å². The van der Waals surface area contributed by atoms with E-state index < -0.39 is 18.0 Å². The van der Waals surface area contributed by atoms with Crippen molar-refractivity contribution in [3.8, 4) is 0 Å². The smallest absolute Gasteiger partial charge is 0.358 e. The monoisotopic (exact) mass is 400 g/mol. The topological polar surface area (TPSA) is 106 Å². The van der Waals surface area contributed by atoms with Gasteiger partial charge in [-0.1, -0.05) is 42.4 Å². The molecule has 0 unspecified atom stereocenters. The number of thiazole rings is 1. The second-order valence-corrected chi connectivity index (χ2v) is 6.85. The van der Waals surface area contributed by atoms with E-state index in [9.17, 15) is 9.59 Å². The van der Waals surface area contributed by atoms with Gasteiger partial charge in [0.2, 0.25) is 0 Å². The van der Waals surface area contributed by atoms with Gasteiger partial charge in [0.1, 0.15) is 5.76 Å². The lowest BCUT2D eigenvalue weighted by Crippen LogP contribution is -2.32. The molecule has 0 bridgehead atoms. The number of rotatable bonds is 8. The third kappa shape index (κ3) is 5.17. The second kappa shape index (κ2) is 9.14. The number of aryl methyl sites for hydroxylation is 1. The van der Waals surface area contributed by atoms with Crippen LogP contribution >= 0.6 is 11.3 Å². The third-order valence-electron chi connectivity index (χ3n) is 3.79. The van der Waals surface area contributed by atoms with Crippen molar-refractivity contribution in [2.45, 2.75) is 32.9 Å². The van der Waals surface area contributed by atoms with Gasteiger partial charge in [0.15, 0.2) is 22.7 Å². The molecule has 0 aliphatic carbocycles. The number of nitrogens with zero attached hydrogens (tertiary/aromatic N) is 2. The number of esters is 1. The summed E-state index contributed by atoms with van der Waals surface area (Å²) in [6.07, 6.45) is -0.635. The molecule has 8 nitrogen and oxygen atoms in total. The number of nitrogens with one attached hydrogen (secondary N) is 2. The molecule has 28 heavy (non-hydrogen) atoms. The summed E-state index contributed by atoms with van der Waals surface area (Å²) >= 11 is 1.30. The number of hydrogen-bond donors (Lipinski definition) is 2. The van der Waals surface area contributed by atoms with Gasteiger partial charge in [-0.05, 0) is 18.9 Å². The summed E-state index contributed by atoms with van der Waals surface area (Å²) in [5.41, 5.74) is 1.26. The van der Waals surface area contributed by atoms with Crippen molar-refractivity contribution in [1.29, 1.82) is 0 Å². The molecule has 0 spiro atoms. The van der Waals surface area contributed by atoms with Gasteiger partial charge in [-0.3, -0.25) is 4.79 Å². The van der Waals surface area contributed by atoms with E-state index in [1.807, 2.05) is 30.3 Å². The van der Waals surface area contributed by atoms with Gasteiger partial charge in [0, 0.05) is 18.0 Å². The molecular formula is C19H20N4O4S. The van der Waals surface area contributed by atoms with Gasteiger partial charge in [-0.15, -0.1) is 11.3 Å². The highest BCUT2D eigenvalue weighted by Gasteiger charge is 2.24. The fraction of sp³-hybridized carbons (Fsp3) is 0.263. The molecule has 9 heteroatoms. The fourth-order valence-corrected chi connectivity index (χ4v) is 3.04. The first-order valence-electron chi connectivity index (χ1n) is 8.73. The maximum Gasteiger partial charge on any atom is 0.358 e. The van der Waals surface area contributed by atoms with Crippen molar-refractivity contribution in [3.05, 3.63) is 58.8 Å². The molecule has 0 aliphatic rings. The predicted molar refractivity (Wildman–Crippen MR) is 105 cm³/mol. The highest BCUT2D eigenvalue weighted by atomic mass is 32.1. The number of carbonyl (C=O) groups excluding carboxylic acids is 2. The summed E-state index contributed by atoms with van der Waals surface area (Å²) in [6, 6.07) is 11.4. The Hall–Kier alpha value is -3.20. The summed E-state index contributed by atoms with van der Waals surface area (Å²) in [5, 5.41) is 11.6. The highest BCUT2D eigenvalue weighted by molar-refractivity contribution is 7.13. The zero-order valence-electron chi connectivity index (χ0n) is 15.5. The third-order valence-corrected chi connectivity index (χ3v) is 4.59. The highest BCUT2D eigenvalue weighted by Crippen LogP contribution is 2.18. The molecule has 2 heterocycles. The molecular weight excluding hydrogens is 380 g/mol. The molecule has 1 aromatic carbocycles. The average molecular weight is 400 g/mol. The Morgan fingerprint density at radius 2 is 2.07 bits per heavy atom. The molecule has 0 aliphatic heterocycles. The average Bonchev–Trinajstić information content (AvgIpc) is 3.34. The van der Waals surface area contributed by atoms with Gasteiger partial charge in [-0.25, -0.2) is 9.78 Å².